The van der Waals surface area contributed by atoms with Crippen molar-refractivity contribution < 1.29 is 4.74 Å². The Morgan fingerprint density at radius 2 is 0.554 bits per heavy atom. The molecule has 5 heteroatoms. The van der Waals surface area contributed by atoms with Crippen LogP contribution in [0.5, 0.6) is 0 Å². The molecule has 0 N–H and O–H groups in total. The third-order valence-corrected chi connectivity index (χ3v) is 12.8. The van der Waals surface area contributed by atoms with E-state index in [9.17, 15) is 4.74 Å². The molecule has 328 valence electrons. The fraction of sp³-hybridized carbons (Fsp3) is 0.200. The van der Waals surface area contributed by atoms with E-state index in [0.717, 1.165) is 67.3 Å². The summed E-state index contributed by atoms with van der Waals surface area (Å²) in [7, 11) is 17.2. The summed E-state index contributed by atoms with van der Waals surface area (Å²) in [5.74, 6) is -0.753. The zero-order valence-electron chi connectivity index (χ0n) is 39.1. The highest BCUT2D eigenvalue weighted by molar-refractivity contribution is 5.79. The van der Waals surface area contributed by atoms with Gasteiger partial charge in [-0.25, -0.2) is 0 Å². The van der Waals surface area contributed by atoms with E-state index in [2.05, 4.69) is 294 Å². The smallest absolute Gasteiger partial charge is 0.133 e. The van der Waals surface area contributed by atoms with Gasteiger partial charge in [-0.15, -0.1) is 0 Å². The predicted molar refractivity (Wildman–Crippen MR) is 275 cm³/mol. The number of anilines is 4. The number of benzene rings is 8. The van der Waals surface area contributed by atoms with Crippen LogP contribution in [0.3, 0.4) is 0 Å². The highest BCUT2D eigenvalue weighted by Gasteiger charge is 2.57. The van der Waals surface area contributed by atoms with Crippen LogP contribution in [-0.2, 0) is 15.9 Å². The molecule has 0 amide bonds. The molecule has 65 heavy (non-hydrogen) atoms. The van der Waals surface area contributed by atoms with Gasteiger partial charge >= 0.3 is 0 Å². The van der Waals surface area contributed by atoms with Crippen LogP contribution in [0.1, 0.15) is 56.3 Å². The Morgan fingerprint density at radius 3 is 0.800 bits per heavy atom. The maximum atomic E-state index is 9.27. The summed E-state index contributed by atoms with van der Waals surface area (Å²) in [5.41, 5.74) is 10.5. The average Bonchev–Trinajstić information content (AvgIpc) is 3.34. The second-order valence-corrected chi connectivity index (χ2v) is 17.7. The molecule has 8 aromatic rings. The molecule has 2 unspecified atom stereocenters. The maximum absolute atomic E-state index is 9.27. The number of hydrogen-bond donors (Lipinski definition) is 0. The van der Waals surface area contributed by atoms with E-state index < -0.39 is 11.2 Å². The summed E-state index contributed by atoms with van der Waals surface area (Å²) in [6, 6.07) is 79.4. The van der Waals surface area contributed by atoms with Gasteiger partial charge in [0.25, 0.3) is 0 Å². The fourth-order valence-corrected chi connectivity index (χ4v) is 10.2. The van der Waals surface area contributed by atoms with Gasteiger partial charge in [0.2, 0.25) is 0 Å². The number of ether oxygens (including phenoxy) is 1. The van der Waals surface area contributed by atoms with E-state index >= 15 is 0 Å². The van der Waals surface area contributed by atoms with Gasteiger partial charge < -0.3 is 24.3 Å². The fourth-order valence-electron chi connectivity index (χ4n) is 10.2. The van der Waals surface area contributed by atoms with Crippen LogP contribution in [0.15, 0.2) is 218 Å². The Balaban J connectivity index is 1.70. The summed E-state index contributed by atoms with van der Waals surface area (Å²) in [5, 5.41) is 0. The standard InChI is InChI=1S/C60H62N4O/c1-61(2)53-43-27-41-51(57(53)63(5)6)59(49-37-23-13-24-38-49,55(45-29-15-9-16-30-45)46-31-17-10-18-32-46)65-60(50-39-25-14-26-40-50,52-42-28-44-54(62(3)4)58(52)64(7)8)56(47-33-19-11-20-34-47)48-35-21-12-22-36-48/h9-44,55-56H,1-8H3. The normalized spacial score (nSPS) is 13.2. The van der Waals surface area contributed by atoms with Gasteiger partial charge in [0.05, 0.1) is 22.7 Å². The van der Waals surface area contributed by atoms with Crippen LogP contribution in [0.4, 0.5) is 22.7 Å². The summed E-state index contributed by atoms with van der Waals surface area (Å²) < 4.78 is 9.27. The second kappa shape index (κ2) is 19.3. The van der Waals surface area contributed by atoms with Gasteiger partial charge in [-0.05, 0) is 45.5 Å². The number of rotatable bonds is 16. The quantitative estimate of drug-likeness (QED) is 0.0963. The molecule has 0 aliphatic rings. The molecule has 0 saturated carbocycles. The van der Waals surface area contributed by atoms with Crippen LogP contribution < -0.4 is 19.6 Å². The van der Waals surface area contributed by atoms with Crippen molar-refractivity contribution in [1.82, 2.24) is 0 Å². The van der Waals surface area contributed by atoms with Crippen LogP contribution in [0, 0.1) is 0 Å². The van der Waals surface area contributed by atoms with Gasteiger partial charge in [0.15, 0.2) is 0 Å². The van der Waals surface area contributed by atoms with Crippen molar-refractivity contribution in [2.75, 3.05) is 76.0 Å². The van der Waals surface area contributed by atoms with Crippen molar-refractivity contribution >= 4 is 22.7 Å². The van der Waals surface area contributed by atoms with Gasteiger partial charge in [-0.2, -0.15) is 0 Å². The Labute approximate surface area is 387 Å². The maximum Gasteiger partial charge on any atom is 0.133 e. The molecular formula is C60H62N4O. The van der Waals surface area contributed by atoms with E-state index in [1.807, 2.05) is 0 Å². The van der Waals surface area contributed by atoms with Gasteiger partial charge in [-0.3, -0.25) is 0 Å². The van der Waals surface area contributed by atoms with Gasteiger partial charge in [0.1, 0.15) is 11.2 Å². The van der Waals surface area contributed by atoms with Gasteiger partial charge in [-0.1, -0.05) is 206 Å². The van der Waals surface area contributed by atoms with E-state index in [1.54, 1.807) is 0 Å². The average molecular weight is 855 g/mol. The topological polar surface area (TPSA) is 22.2 Å². The Morgan fingerprint density at radius 1 is 0.292 bits per heavy atom. The Bertz CT molecular complexity index is 2470. The summed E-state index contributed by atoms with van der Waals surface area (Å²) in [6.45, 7) is 0. The number of para-hydroxylation sites is 2. The molecule has 0 aromatic heterocycles. The first-order valence-corrected chi connectivity index (χ1v) is 22.6. The molecule has 2 atom stereocenters. The first-order chi connectivity index (χ1) is 31.6. The minimum Gasteiger partial charge on any atom is -0.376 e. The van der Waals surface area contributed by atoms with Crippen molar-refractivity contribution in [3.05, 3.63) is 263 Å². The largest absolute Gasteiger partial charge is 0.376 e. The summed E-state index contributed by atoms with van der Waals surface area (Å²) >= 11 is 0. The third kappa shape index (κ3) is 8.41. The number of nitrogens with zero attached hydrogens (tertiary/aromatic N) is 4. The van der Waals surface area contributed by atoms with E-state index in [-0.39, 0.29) is 11.8 Å². The molecular weight excluding hydrogens is 793 g/mol. The molecule has 0 bridgehead atoms. The lowest BCUT2D eigenvalue weighted by molar-refractivity contribution is -0.141. The molecule has 0 aliphatic carbocycles. The first-order valence-electron chi connectivity index (χ1n) is 22.6. The molecule has 8 aromatic carbocycles. The predicted octanol–water partition coefficient (Wildman–Crippen LogP) is 12.8. The van der Waals surface area contributed by atoms with Gasteiger partial charge in [0, 0.05) is 79.3 Å². The first kappa shape index (κ1) is 44.5. The molecule has 0 heterocycles. The molecule has 0 aliphatic heterocycles. The SMILES string of the molecule is CN(C)c1cccc(C(OC(c2ccccc2)(c2cccc(N(C)C)c2N(C)C)C(c2ccccc2)c2ccccc2)(c2ccccc2)C(c2ccccc2)c2ccccc2)c1N(C)C. The van der Waals surface area contributed by atoms with Crippen LogP contribution in [0.25, 0.3) is 0 Å². The molecule has 5 nitrogen and oxygen atoms in total. The van der Waals surface area contributed by atoms with Crippen molar-refractivity contribution in [1.29, 1.82) is 0 Å². The highest BCUT2D eigenvalue weighted by atomic mass is 16.5. The third-order valence-electron chi connectivity index (χ3n) is 12.8. The van der Waals surface area contributed by atoms with Crippen molar-refractivity contribution in [3.63, 3.8) is 0 Å². The molecule has 0 saturated heterocycles. The minimum atomic E-state index is -1.25. The van der Waals surface area contributed by atoms with E-state index in [0.29, 0.717) is 0 Å². The lowest BCUT2D eigenvalue weighted by Crippen LogP contribution is -2.50. The highest BCUT2D eigenvalue weighted by Crippen LogP contribution is 2.62. The van der Waals surface area contributed by atoms with E-state index in [1.165, 1.54) is 0 Å². The molecule has 8 rings (SSSR count). The lowest BCUT2D eigenvalue weighted by atomic mass is 9.65. The van der Waals surface area contributed by atoms with Crippen molar-refractivity contribution in [3.8, 4) is 0 Å². The minimum absolute atomic E-state index is 0.376. The van der Waals surface area contributed by atoms with E-state index in [4.69, 9.17) is 0 Å². The summed E-state index contributed by atoms with van der Waals surface area (Å²) in [4.78, 5) is 8.99. The monoisotopic (exact) mass is 854 g/mol. The molecule has 0 radical (unpaired) electrons. The van der Waals surface area contributed by atoms with Crippen molar-refractivity contribution in [2.45, 2.75) is 23.0 Å². The lowest BCUT2D eigenvalue weighted by Gasteiger charge is -2.53. The second-order valence-electron chi connectivity index (χ2n) is 17.7. The number of hydrogen-bond acceptors (Lipinski definition) is 5. The van der Waals surface area contributed by atoms with Crippen LogP contribution >= 0.6 is 0 Å². The molecule has 0 spiro atoms. The van der Waals surface area contributed by atoms with Crippen molar-refractivity contribution in [2.24, 2.45) is 0 Å². The Kier molecular flexibility index (Phi) is 13.3. The molecule has 0 fully saturated rings. The Hall–Kier alpha value is -7.08. The zero-order valence-corrected chi connectivity index (χ0v) is 39.1. The zero-order chi connectivity index (χ0) is 45.6. The van der Waals surface area contributed by atoms with Crippen LogP contribution in [-0.4, -0.2) is 56.4 Å². The summed E-state index contributed by atoms with van der Waals surface area (Å²) in [6.07, 6.45) is 0. The van der Waals surface area contributed by atoms with Crippen LogP contribution in [0.2, 0.25) is 0 Å².